The van der Waals surface area contributed by atoms with Crippen molar-refractivity contribution >= 4 is 17.8 Å². The van der Waals surface area contributed by atoms with Gasteiger partial charge in [0.05, 0.1) is 0 Å². The monoisotopic (exact) mass is 666 g/mol. The van der Waals surface area contributed by atoms with E-state index in [1.54, 1.807) is 0 Å². The van der Waals surface area contributed by atoms with Gasteiger partial charge in [-0.2, -0.15) is 0 Å². The van der Waals surface area contributed by atoms with Crippen molar-refractivity contribution in [1.29, 1.82) is 0 Å². The third-order valence-electron chi connectivity index (χ3n) is 7.45. The quantitative estimate of drug-likeness (QED) is 0.0385. The first kappa shape index (κ1) is 44.5. The third kappa shape index (κ3) is 31.2. The van der Waals surface area contributed by atoms with Gasteiger partial charge in [-0.3, -0.25) is 9.59 Å². The molecule has 4 N–H and O–H groups in total. The van der Waals surface area contributed by atoms with Gasteiger partial charge in [-0.05, 0) is 96.1 Å². The van der Waals surface area contributed by atoms with Gasteiger partial charge in [-0.15, -0.1) is 0 Å². The number of allylic oxidation sites excluding steroid dienone is 13. The van der Waals surface area contributed by atoms with Crippen LogP contribution in [0, 0.1) is 0 Å². The van der Waals surface area contributed by atoms with E-state index in [4.69, 9.17) is 10.5 Å². The lowest BCUT2D eigenvalue weighted by Gasteiger charge is -2.14. The fraction of sp³-hybridized carbons (Fsp3) is 0.585. The van der Waals surface area contributed by atoms with Crippen LogP contribution < -0.4 is 11.1 Å². The minimum absolute atomic E-state index is 0.168. The average molecular weight is 667 g/mol. The van der Waals surface area contributed by atoms with E-state index in [1.165, 1.54) is 0 Å². The lowest BCUT2D eigenvalue weighted by Crippen LogP contribution is -2.40. The summed E-state index contributed by atoms with van der Waals surface area (Å²) in [6.45, 7) is 4.67. The van der Waals surface area contributed by atoms with Gasteiger partial charge in [-0.25, -0.2) is 4.79 Å². The molecule has 0 aliphatic carbocycles. The Kier molecular flexibility index (Phi) is 32.4. The highest BCUT2D eigenvalue weighted by Crippen LogP contribution is 2.14. The summed E-state index contributed by atoms with van der Waals surface area (Å²) in [5.74, 6) is -1.40. The van der Waals surface area contributed by atoms with Crippen LogP contribution in [0.2, 0.25) is 0 Å². The van der Waals surface area contributed by atoms with Crippen LogP contribution in [-0.4, -0.2) is 41.6 Å². The number of carbonyl (C=O) groups excluding carboxylic acids is 2. The Bertz CT molecular complexity index is 1020. The van der Waals surface area contributed by atoms with Gasteiger partial charge >= 0.3 is 11.9 Å². The van der Waals surface area contributed by atoms with E-state index < -0.39 is 12.0 Å². The average Bonchev–Trinajstić information content (AvgIpc) is 3.07. The predicted octanol–water partition coefficient (Wildman–Crippen LogP) is 9.77. The standard InChI is InChI=1S/C41H66N2O5/c1-3-5-7-9-11-13-14-15-16-17-19-25-29-35-40(45)48-37(31-26-22-18-12-10-8-6-4-2)32-27-23-20-21-24-28-34-39(44)43-38(41(46)47)33-30-36-42/h5-8,11-13,15-16,18-19,25-26,31,37-38H,3-4,9-10,14,17,20-24,27-30,32-36,42H2,1-2H3,(H,43,44)(H,46,47)/b7-5-,8-6-,13-11-,16-15-,18-12-,25-19-,31-26-. The zero-order valence-corrected chi connectivity index (χ0v) is 30.0. The van der Waals surface area contributed by atoms with Crippen LogP contribution in [0.3, 0.4) is 0 Å². The number of aliphatic carboxylic acids is 1. The molecule has 7 heteroatoms. The number of hydrogen-bond donors (Lipinski definition) is 3. The summed E-state index contributed by atoms with van der Waals surface area (Å²) in [5.41, 5.74) is 5.46. The maximum absolute atomic E-state index is 12.6. The Morgan fingerprint density at radius 1 is 0.625 bits per heavy atom. The number of hydrogen-bond acceptors (Lipinski definition) is 5. The number of ether oxygens (including phenoxy) is 1. The van der Waals surface area contributed by atoms with Crippen molar-refractivity contribution in [3.05, 3.63) is 85.1 Å². The summed E-state index contributed by atoms with van der Waals surface area (Å²) in [6, 6.07) is -0.865. The highest BCUT2D eigenvalue weighted by atomic mass is 16.5. The van der Waals surface area contributed by atoms with Gasteiger partial charge in [0.1, 0.15) is 12.1 Å². The number of rotatable bonds is 31. The van der Waals surface area contributed by atoms with Gasteiger partial charge in [0.15, 0.2) is 0 Å². The lowest BCUT2D eigenvalue weighted by atomic mass is 10.1. The van der Waals surface area contributed by atoms with Crippen LogP contribution in [-0.2, 0) is 19.1 Å². The largest absolute Gasteiger partial charge is 0.480 e. The van der Waals surface area contributed by atoms with E-state index in [0.717, 1.165) is 89.9 Å². The minimum Gasteiger partial charge on any atom is -0.480 e. The first-order valence-corrected chi connectivity index (χ1v) is 18.4. The number of carboxylic acids is 1. The van der Waals surface area contributed by atoms with Crippen LogP contribution in [0.5, 0.6) is 0 Å². The van der Waals surface area contributed by atoms with Crippen molar-refractivity contribution in [1.82, 2.24) is 5.32 Å². The number of nitrogens with one attached hydrogen (secondary N) is 1. The molecular formula is C41H66N2O5. The normalized spacial score (nSPS) is 13.7. The molecule has 0 radical (unpaired) electrons. The molecule has 270 valence electrons. The maximum Gasteiger partial charge on any atom is 0.326 e. The molecule has 0 saturated heterocycles. The van der Waals surface area contributed by atoms with Gasteiger partial charge in [0.2, 0.25) is 5.91 Å². The Hall–Kier alpha value is -3.45. The van der Waals surface area contributed by atoms with E-state index in [0.29, 0.717) is 38.6 Å². The molecule has 0 aromatic carbocycles. The van der Waals surface area contributed by atoms with Crippen molar-refractivity contribution in [2.75, 3.05) is 6.54 Å². The van der Waals surface area contributed by atoms with E-state index in [2.05, 4.69) is 98.2 Å². The molecule has 0 spiro atoms. The van der Waals surface area contributed by atoms with E-state index >= 15 is 0 Å². The zero-order valence-electron chi connectivity index (χ0n) is 30.0. The zero-order chi connectivity index (χ0) is 35.3. The van der Waals surface area contributed by atoms with Gasteiger partial charge in [0, 0.05) is 12.8 Å². The first-order valence-electron chi connectivity index (χ1n) is 18.4. The second kappa shape index (κ2) is 34.9. The molecule has 0 fully saturated rings. The van der Waals surface area contributed by atoms with Crippen molar-refractivity contribution in [2.24, 2.45) is 5.73 Å². The fourth-order valence-electron chi connectivity index (χ4n) is 4.75. The van der Waals surface area contributed by atoms with Crippen LogP contribution in [0.4, 0.5) is 0 Å². The summed E-state index contributed by atoms with van der Waals surface area (Å²) < 4.78 is 5.85. The number of carbonyl (C=O) groups is 3. The van der Waals surface area contributed by atoms with Crippen LogP contribution >= 0.6 is 0 Å². The highest BCUT2D eigenvalue weighted by Gasteiger charge is 2.18. The van der Waals surface area contributed by atoms with Gasteiger partial charge < -0.3 is 20.9 Å². The molecule has 0 saturated carbocycles. The van der Waals surface area contributed by atoms with Gasteiger partial charge in [-0.1, -0.05) is 119 Å². The summed E-state index contributed by atoms with van der Waals surface area (Å²) in [4.78, 5) is 36.0. The number of esters is 1. The Balaban J connectivity index is 4.48. The van der Waals surface area contributed by atoms with Crippen molar-refractivity contribution in [2.45, 2.75) is 148 Å². The van der Waals surface area contributed by atoms with E-state index in [9.17, 15) is 19.5 Å². The van der Waals surface area contributed by atoms with Crippen molar-refractivity contribution in [3.63, 3.8) is 0 Å². The molecule has 0 heterocycles. The molecular weight excluding hydrogens is 600 g/mol. The van der Waals surface area contributed by atoms with Gasteiger partial charge in [0.25, 0.3) is 0 Å². The van der Waals surface area contributed by atoms with Crippen LogP contribution in [0.15, 0.2) is 85.1 Å². The van der Waals surface area contributed by atoms with Crippen molar-refractivity contribution in [3.8, 4) is 0 Å². The highest BCUT2D eigenvalue weighted by molar-refractivity contribution is 5.83. The fourth-order valence-corrected chi connectivity index (χ4v) is 4.75. The molecule has 0 aliphatic rings. The number of unbranched alkanes of at least 4 members (excludes halogenated alkanes) is 5. The molecule has 0 aromatic rings. The molecule has 0 aliphatic heterocycles. The molecule has 0 bridgehead atoms. The molecule has 2 unspecified atom stereocenters. The SMILES string of the molecule is CC/C=C\C/C=C\C/C=C\C/C=C\CCC(=O)OC(/C=C\C/C=C\C/C=C\CC)CCCCCCCCC(=O)NC(CCCN)C(=O)O. The maximum atomic E-state index is 12.6. The number of carboxylic acid groups (broad SMARTS) is 1. The Morgan fingerprint density at radius 2 is 1.12 bits per heavy atom. The number of amides is 1. The molecule has 48 heavy (non-hydrogen) atoms. The summed E-state index contributed by atoms with van der Waals surface area (Å²) in [6.07, 6.45) is 45.1. The van der Waals surface area contributed by atoms with E-state index in [-0.39, 0.29) is 18.0 Å². The topological polar surface area (TPSA) is 119 Å². The minimum atomic E-state index is -1.02. The Morgan fingerprint density at radius 3 is 1.67 bits per heavy atom. The molecule has 0 rings (SSSR count). The number of nitrogens with two attached hydrogens (primary N) is 1. The summed E-state index contributed by atoms with van der Waals surface area (Å²) in [5, 5.41) is 11.9. The molecule has 1 amide bonds. The second-order valence-corrected chi connectivity index (χ2v) is 11.9. The van der Waals surface area contributed by atoms with Crippen LogP contribution in [0.25, 0.3) is 0 Å². The summed E-state index contributed by atoms with van der Waals surface area (Å²) >= 11 is 0. The molecule has 2 atom stereocenters. The lowest BCUT2D eigenvalue weighted by molar-refractivity contribution is -0.147. The first-order chi connectivity index (χ1) is 23.4. The van der Waals surface area contributed by atoms with Crippen LogP contribution in [0.1, 0.15) is 136 Å². The Labute approximate surface area is 292 Å². The second-order valence-electron chi connectivity index (χ2n) is 11.9. The third-order valence-corrected chi connectivity index (χ3v) is 7.45. The predicted molar refractivity (Wildman–Crippen MR) is 202 cm³/mol. The van der Waals surface area contributed by atoms with E-state index in [1.807, 2.05) is 6.08 Å². The molecule has 7 nitrogen and oxygen atoms in total. The summed E-state index contributed by atoms with van der Waals surface area (Å²) in [7, 11) is 0. The molecule has 0 aromatic heterocycles. The van der Waals surface area contributed by atoms with Crippen molar-refractivity contribution < 1.29 is 24.2 Å². The smallest absolute Gasteiger partial charge is 0.326 e.